The molecule has 0 saturated heterocycles. The highest BCUT2D eigenvalue weighted by Gasteiger charge is 2.07. The highest BCUT2D eigenvalue weighted by atomic mass is 79.9. The molecule has 1 unspecified atom stereocenters. The van der Waals surface area contributed by atoms with Gasteiger partial charge in [-0.05, 0) is 25.1 Å². The molecule has 0 aliphatic rings. The van der Waals surface area contributed by atoms with Crippen LogP contribution < -0.4 is 10.1 Å². The van der Waals surface area contributed by atoms with Crippen LogP contribution in [0.2, 0.25) is 0 Å². The van der Waals surface area contributed by atoms with E-state index in [9.17, 15) is 4.79 Å². The van der Waals surface area contributed by atoms with E-state index in [0.29, 0.717) is 12.4 Å². The second-order valence-corrected chi connectivity index (χ2v) is 4.59. The van der Waals surface area contributed by atoms with Gasteiger partial charge in [-0.15, -0.1) is 0 Å². The summed E-state index contributed by atoms with van der Waals surface area (Å²) < 4.78 is 11.2. The molecule has 1 N–H and O–H groups in total. The minimum absolute atomic E-state index is 0.00447. The summed E-state index contributed by atoms with van der Waals surface area (Å²) in [6, 6.07) is 7.35. The second kappa shape index (κ2) is 7.29. The first-order valence-corrected chi connectivity index (χ1v) is 6.08. The van der Waals surface area contributed by atoms with Crippen LogP contribution >= 0.6 is 15.9 Å². The third-order valence-electron chi connectivity index (χ3n) is 1.99. The molecule has 0 aliphatic carbocycles. The topological polar surface area (TPSA) is 47.6 Å². The zero-order valence-electron chi connectivity index (χ0n) is 9.90. The standard InChI is InChI=1S/C12H16BrNO3/c1-9(7-16-2)14-12(15)8-17-11-5-3-4-10(13)6-11/h3-6,9H,7-8H2,1-2H3,(H,14,15). The Hall–Kier alpha value is -1.07. The van der Waals surface area contributed by atoms with Crippen LogP contribution in [0.15, 0.2) is 28.7 Å². The fourth-order valence-electron chi connectivity index (χ4n) is 1.31. The van der Waals surface area contributed by atoms with Crippen LogP contribution in [0.1, 0.15) is 6.92 Å². The fraction of sp³-hybridized carbons (Fsp3) is 0.417. The summed E-state index contributed by atoms with van der Waals surface area (Å²) in [5.41, 5.74) is 0. The molecule has 4 nitrogen and oxygen atoms in total. The van der Waals surface area contributed by atoms with E-state index in [4.69, 9.17) is 9.47 Å². The SMILES string of the molecule is COCC(C)NC(=O)COc1cccc(Br)c1. The number of carbonyl (C=O) groups excluding carboxylic acids is 1. The lowest BCUT2D eigenvalue weighted by Gasteiger charge is -2.13. The molecule has 0 fully saturated rings. The lowest BCUT2D eigenvalue weighted by molar-refractivity contribution is -0.124. The molecule has 1 amide bonds. The highest BCUT2D eigenvalue weighted by Crippen LogP contribution is 2.17. The molecule has 1 rings (SSSR count). The average molecular weight is 302 g/mol. The molecule has 0 heterocycles. The molecule has 0 spiro atoms. The molecule has 0 saturated carbocycles. The van der Waals surface area contributed by atoms with Crippen molar-refractivity contribution in [3.05, 3.63) is 28.7 Å². The van der Waals surface area contributed by atoms with Crippen molar-refractivity contribution in [1.82, 2.24) is 5.32 Å². The van der Waals surface area contributed by atoms with Gasteiger partial charge in [0.15, 0.2) is 6.61 Å². The number of methoxy groups -OCH3 is 1. The summed E-state index contributed by atoms with van der Waals surface area (Å²) in [7, 11) is 1.60. The van der Waals surface area contributed by atoms with E-state index in [0.717, 1.165) is 4.47 Å². The Labute approximate surface area is 109 Å². The number of carbonyl (C=O) groups is 1. The van der Waals surface area contributed by atoms with Crippen molar-refractivity contribution in [1.29, 1.82) is 0 Å². The maximum Gasteiger partial charge on any atom is 0.258 e. The van der Waals surface area contributed by atoms with Gasteiger partial charge < -0.3 is 14.8 Å². The maximum atomic E-state index is 11.5. The molecule has 94 valence electrons. The number of ether oxygens (including phenoxy) is 2. The third kappa shape index (κ3) is 5.70. The van der Waals surface area contributed by atoms with Crippen molar-refractivity contribution in [3.63, 3.8) is 0 Å². The van der Waals surface area contributed by atoms with E-state index < -0.39 is 0 Å². The quantitative estimate of drug-likeness (QED) is 0.874. The summed E-state index contributed by atoms with van der Waals surface area (Å²) in [6.45, 7) is 2.37. The maximum absolute atomic E-state index is 11.5. The van der Waals surface area contributed by atoms with Gasteiger partial charge in [-0.25, -0.2) is 0 Å². The van der Waals surface area contributed by atoms with Gasteiger partial charge in [-0.3, -0.25) is 4.79 Å². The summed E-state index contributed by atoms with van der Waals surface area (Å²) in [5, 5.41) is 2.77. The number of halogens is 1. The van der Waals surface area contributed by atoms with E-state index >= 15 is 0 Å². The van der Waals surface area contributed by atoms with Gasteiger partial charge in [0.1, 0.15) is 5.75 Å². The number of benzene rings is 1. The monoisotopic (exact) mass is 301 g/mol. The molecule has 0 bridgehead atoms. The van der Waals surface area contributed by atoms with E-state index in [1.807, 2.05) is 25.1 Å². The van der Waals surface area contributed by atoms with E-state index in [-0.39, 0.29) is 18.6 Å². The smallest absolute Gasteiger partial charge is 0.258 e. The van der Waals surface area contributed by atoms with Crippen LogP contribution in [0, 0.1) is 0 Å². The minimum Gasteiger partial charge on any atom is -0.484 e. The minimum atomic E-state index is -0.158. The number of rotatable bonds is 6. The number of hydrogen-bond donors (Lipinski definition) is 1. The Morgan fingerprint density at radius 1 is 1.53 bits per heavy atom. The van der Waals surface area contributed by atoms with E-state index in [1.54, 1.807) is 13.2 Å². The third-order valence-corrected chi connectivity index (χ3v) is 2.48. The summed E-state index contributed by atoms with van der Waals surface area (Å²) in [4.78, 5) is 11.5. The van der Waals surface area contributed by atoms with Gasteiger partial charge in [-0.1, -0.05) is 22.0 Å². The predicted octanol–water partition coefficient (Wildman–Crippen LogP) is 1.98. The van der Waals surface area contributed by atoms with Gasteiger partial charge in [0.25, 0.3) is 5.91 Å². The molecule has 5 heteroatoms. The Morgan fingerprint density at radius 2 is 2.29 bits per heavy atom. The summed E-state index contributed by atoms with van der Waals surface area (Å²) in [6.07, 6.45) is 0. The number of nitrogens with one attached hydrogen (secondary N) is 1. The lowest BCUT2D eigenvalue weighted by Crippen LogP contribution is -2.38. The summed E-state index contributed by atoms with van der Waals surface area (Å²) in [5.74, 6) is 0.503. The Morgan fingerprint density at radius 3 is 2.94 bits per heavy atom. The van der Waals surface area contributed by atoms with Crippen molar-refractivity contribution < 1.29 is 14.3 Å². The molecule has 17 heavy (non-hydrogen) atoms. The van der Waals surface area contributed by atoms with Gasteiger partial charge in [-0.2, -0.15) is 0 Å². The molecule has 0 radical (unpaired) electrons. The lowest BCUT2D eigenvalue weighted by atomic mass is 10.3. The average Bonchev–Trinajstić information content (AvgIpc) is 2.27. The Kier molecular flexibility index (Phi) is 6.00. The fourth-order valence-corrected chi connectivity index (χ4v) is 1.69. The van der Waals surface area contributed by atoms with E-state index in [1.165, 1.54) is 0 Å². The van der Waals surface area contributed by atoms with Crippen LogP contribution in [0.25, 0.3) is 0 Å². The van der Waals surface area contributed by atoms with Crippen LogP contribution in [0.4, 0.5) is 0 Å². The van der Waals surface area contributed by atoms with Gasteiger partial charge in [0, 0.05) is 17.6 Å². The van der Waals surface area contributed by atoms with Crippen molar-refractivity contribution in [2.24, 2.45) is 0 Å². The summed E-state index contributed by atoms with van der Waals surface area (Å²) >= 11 is 3.33. The predicted molar refractivity (Wildman–Crippen MR) is 69.1 cm³/mol. The normalized spacial score (nSPS) is 11.9. The molecule has 1 aromatic carbocycles. The van der Waals surface area contributed by atoms with Crippen LogP contribution in [-0.4, -0.2) is 32.3 Å². The molecule has 1 atom stereocenters. The largest absolute Gasteiger partial charge is 0.484 e. The van der Waals surface area contributed by atoms with Crippen molar-refractivity contribution in [2.75, 3.05) is 20.3 Å². The second-order valence-electron chi connectivity index (χ2n) is 3.67. The molecular weight excluding hydrogens is 286 g/mol. The van der Waals surface area contributed by atoms with Crippen LogP contribution in [0.5, 0.6) is 5.75 Å². The zero-order chi connectivity index (χ0) is 12.7. The van der Waals surface area contributed by atoms with Crippen molar-refractivity contribution in [2.45, 2.75) is 13.0 Å². The zero-order valence-corrected chi connectivity index (χ0v) is 11.5. The van der Waals surface area contributed by atoms with Crippen molar-refractivity contribution in [3.8, 4) is 5.75 Å². The van der Waals surface area contributed by atoms with E-state index in [2.05, 4.69) is 21.2 Å². The van der Waals surface area contributed by atoms with Gasteiger partial charge in [0.2, 0.25) is 0 Å². The molecular formula is C12H16BrNO3. The molecule has 0 aliphatic heterocycles. The molecule has 1 aromatic rings. The number of amides is 1. The van der Waals surface area contributed by atoms with Gasteiger partial charge in [0.05, 0.1) is 6.61 Å². The number of hydrogen-bond acceptors (Lipinski definition) is 3. The van der Waals surface area contributed by atoms with Gasteiger partial charge >= 0.3 is 0 Å². The Balaban J connectivity index is 2.33. The Bertz CT molecular complexity index is 371. The highest BCUT2D eigenvalue weighted by molar-refractivity contribution is 9.10. The first kappa shape index (κ1) is 14.0. The first-order chi connectivity index (χ1) is 8.11. The van der Waals surface area contributed by atoms with Crippen LogP contribution in [0.3, 0.4) is 0 Å². The molecule has 0 aromatic heterocycles. The van der Waals surface area contributed by atoms with Crippen LogP contribution in [-0.2, 0) is 9.53 Å². The first-order valence-electron chi connectivity index (χ1n) is 5.28. The van der Waals surface area contributed by atoms with Crippen molar-refractivity contribution >= 4 is 21.8 Å².